The lowest BCUT2D eigenvalue weighted by molar-refractivity contribution is 0.882. The van der Waals surface area contributed by atoms with Crippen LogP contribution in [-0.2, 0) is 13.5 Å². The van der Waals surface area contributed by atoms with Gasteiger partial charge in [0.2, 0.25) is 0 Å². The number of nitrogens with zero attached hydrogens (tertiary/aromatic N) is 1. The summed E-state index contributed by atoms with van der Waals surface area (Å²) in [6, 6.07) is 15.4. The van der Waals surface area contributed by atoms with Crippen molar-refractivity contribution in [3.63, 3.8) is 0 Å². The fourth-order valence-corrected chi connectivity index (χ4v) is 3.75. The standard InChI is InChI=1S/C19H22N2S/c1-13-4-6-15(7-5-13)22-16-8-9-19-18(12-16)17(10-11-20)14(2)21(19)3/h4-9,12H,10-11,20H2,1-3H3. The summed E-state index contributed by atoms with van der Waals surface area (Å²) in [5.41, 5.74) is 11.1. The van der Waals surface area contributed by atoms with Crippen molar-refractivity contribution in [1.82, 2.24) is 4.57 Å². The van der Waals surface area contributed by atoms with Gasteiger partial charge in [0.25, 0.3) is 0 Å². The molecule has 3 aromatic rings. The molecule has 0 unspecified atom stereocenters. The molecule has 3 heteroatoms. The third-order valence-corrected chi connectivity index (χ3v) is 5.24. The molecule has 0 aliphatic carbocycles. The fourth-order valence-electron chi connectivity index (χ4n) is 2.89. The molecule has 0 atom stereocenters. The summed E-state index contributed by atoms with van der Waals surface area (Å²) >= 11 is 1.81. The summed E-state index contributed by atoms with van der Waals surface area (Å²) in [5, 5.41) is 1.34. The van der Waals surface area contributed by atoms with Crippen molar-refractivity contribution >= 4 is 22.7 Å². The molecule has 1 heterocycles. The molecule has 114 valence electrons. The van der Waals surface area contributed by atoms with Crippen molar-refractivity contribution in [2.24, 2.45) is 12.8 Å². The lowest BCUT2D eigenvalue weighted by Crippen LogP contribution is -2.04. The molecule has 0 saturated carbocycles. The molecule has 3 rings (SSSR count). The minimum Gasteiger partial charge on any atom is -0.348 e. The van der Waals surface area contributed by atoms with E-state index in [0.717, 1.165) is 6.42 Å². The van der Waals surface area contributed by atoms with Crippen LogP contribution in [0, 0.1) is 13.8 Å². The Morgan fingerprint density at radius 2 is 1.68 bits per heavy atom. The normalized spacial score (nSPS) is 11.3. The van der Waals surface area contributed by atoms with Gasteiger partial charge in [-0.15, -0.1) is 0 Å². The number of hydrogen-bond acceptors (Lipinski definition) is 2. The van der Waals surface area contributed by atoms with E-state index in [4.69, 9.17) is 5.73 Å². The number of benzene rings is 2. The highest BCUT2D eigenvalue weighted by Crippen LogP contribution is 2.33. The van der Waals surface area contributed by atoms with Gasteiger partial charge in [-0.2, -0.15) is 0 Å². The van der Waals surface area contributed by atoms with Gasteiger partial charge in [-0.25, -0.2) is 0 Å². The van der Waals surface area contributed by atoms with E-state index >= 15 is 0 Å². The predicted molar refractivity (Wildman–Crippen MR) is 95.7 cm³/mol. The number of fused-ring (bicyclic) bond motifs is 1. The van der Waals surface area contributed by atoms with Crippen LogP contribution in [-0.4, -0.2) is 11.1 Å². The molecule has 0 spiro atoms. The maximum atomic E-state index is 5.79. The number of hydrogen-bond donors (Lipinski definition) is 1. The van der Waals surface area contributed by atoms with E-state index < -0.39 is 0 Å². The van der Waals surface area contributed by atoms with E-state index in [1.54, 1.807) is 0 Å². The topological polar surface area (TPSA) is 30.9 Å². The summed E-state index contributed by atoms with van der Waals surface area (Å²) in [7, 11) is 2.13. The van der Waals surface area contributed by atoms with Gasteiger partial charge in [-0.1, -0.05) is 29.5 Å². The van der Waals surface area contributed by atoms with Crippen molar-refractivity contribution in [1.29, 1.82) is 0 Å². The molecule has 2 aromatic carbocycles. The summed E-state index contributed by atoms with van der Waals surface area (Å²) < 4.78 is 2.26. The van der Waals surface area contributed by atoms with E-state index in [1.807, 2.05) is 11.8 Å². The van der Waals surface area contributed by atoms with E-state index in [-0.39, 0.29) is 0 Å². The number of rotatable bonds is 4. The van der Waals surface area contributed by atoms with Gasteiger partial charge in [0.05, 0.1) is 0 Å². The Balaban J connectivity index is 2.01. The SMILES string of the molecule is Cc1ccc(Sc2ccc3c(c2)c(CCN)c(C)n3C)cc1. The Labute approximate surface area is 136 Å². The van der Waals surface area contributed by atoms with Crippen LogP contribution in [0.5, 0.6) is 0 Å². The summed E-state index contributed by atoms with van der Waals surface area (Å²) in [6.07, 6.45) is 0.932. The van der Waals surface area contributed by atoms with Crippen LogP contribution in [0.15, 0.2) is 52.3 Å². The van der Waals surface area contributed by atoms with E-state index in [0.29, 0.717) is 6.54 Å². The van der Waals surface area contributed by atoms with Gasteiger partial charge in [0.1, 0.15) is 0 Å². The maximum absolute atomic E-state index is 5.79. The highest BCUT2D eigenvalue weighted by atomic mass is 32.2. The Kier molecular flexibility index (Phi) is 4.27. The molecule has 22 heavy (non-hydrogen) atoms. The largest absolute Gasteiger partial charge is 0.348 e. The molecule has 0 amide bonds. The molecule has 2 nitrogen and oxygen atoms in total. The van der Waals surface area contributed by atoms with Crippen molar-refractivity contribution in [3.8, 4) is 0 Å². The molecule has 0 saturated heterocycles. The molecule has 1 aromatic heterocycles. The first kappa shape index (κ1) is 15.2. The molecule has 0 radical (unpaired) electrons. The second kappa shape index (κ2) is 6.19. The molecule has 0 aliphatic rings. The van der Waals surface area contributed by atoms with Crippen LogP contribution in [0.2, 0.25) is 0 Å². The smallest absolute Gasteiger partial charge is 0.0483 e. The summed E-state index contributed by atoms with van der Waals surface area (Å²) in [6.45, 7) is 4.99. The van der Waals surface area contributed by atoms with Gasteiger partial charge in [-0.05, 0) is 62.7 Å². The average Bonchev–Trinajstić information content (AvgIpc) is 2.75. The third kappa shape index (κ3) is 2.79. The van der Waals surface area contributed by atoms with Crippen LogP contribution in [0.1, 0.15) is 16.8 Å². The average molecular weight is 310 g/mol. The lowest BCUT2D eigenvalue weighted by Gasteiger charge is -2.04. The van der Waals surface area contributed by atoms with Gasteiger partial charge in [0.15, 0.2) is 0 Å². The zero-order chi connectivity index (χ0) is 15.7. The Hall–Kier alpha value is -1.71. The van der Waals surface area contributed by atoms with Gasteiger partial charge in [-0.3, -0.25) is 0 Å². The van der Waals surface area contributed by atoms with Gasteiger partial charge in [0, 0.05) is 33.4 Å². The summed E-state index contributed by atoms with van der Waals surface area (Å²) in [5.74, 6) is 0. The highest BCUT2D eigenvalue weighted by molar-refractivity contribution is 7.99. The maximum Gasteiger partial charge on any atom is 0.0483 e. The zero-order valence-corrected chi connectivity index (χ0v) is 14.2. The number of aryl methyl sites for hydroxylation is 2. The monoisotopic (exact) mass is 310 g/mol. The summed E-state index contributed by atoms with van der Waals surface area (Å²) in [4.78, 5) is 2.55. The Morgan fingerprint density at radius 1 is 1.00 bits per heavy atom. The number of nitrogens with two attached hydrogens (primary N) is 1. The first-order chi connectivity index (χ1) is 10.6. The van der Waals surface area contributed by atoms with Crippen LogP contribution >= 0.6 is 11.8 Å². The van der Waals surface area contributed by atoms with Crippen LogP contribution < -0.4 is 5.73 Å². The minimum atomic E-state index is 0.690. The van der Waals surface area contributed by atoms with Gasteiger partial charge >= 0.3 is 0 Å². The first-order valence-electron chi connectivity index (χ1n) is 7.62. The van der Waals surface area contributed by atoms with Crippen LogP contribution in [0.3, 0.4) is 0 Å². The molecule has 0 bridgehead atoms. The quantitative estimate of drug-likeness (QED) is 0.772. The fraction of sp³-hybridized carbons (Fsp3) is 0.263. The van der Waals surface area contributed by atoms with Crippen molar-refractivity contribution in [3.05, 3.63) is 59.3 Å². The molecule has 2 N–H and O–H groups in total. The van der Waals surface area contributed by atoms with Gasteiger partial charge < -0.3 is 10.3 Å². The highest BCUT2D eigenvalue weighted by Gasteiger charge is 2.12. The third-order valence-electron chi connectivity index (χ3n) is 4.25. The predicted octanol–water partition coefficient (Wildman–Crippen LogP) is 4.45. The lowest BCUT2D eigenvalue weighted by atomic mass is 10.1. The van der Waals surface area contributed by atoms with Crippen molar-refractivity contribution in [2.45, 2.75) is 30.1 Å². The Bertz CT molecular complexity index is 800. The zero-order valence-electron chi connectivity index (χ0n) is 13.4. The van der Waals surface area contributed by atoms with Crippen molar-refractivity contribution in [2.75, 3.05) is 6.54 Å². The molecular formula is C19H22N2S. The second-order valence-corrected chi connectivity index (χ2v) is 6.90. The van der Waals surface area contributed by atoms with E-state index in [9.17, 15) is 0 Å². The molecule has 0 aliphatic heterocycles. The van der Waals surface area contributed by atoms with Crippen LogP contribution in [0.4, 0.5) is 0 Å². The molecular weight excluding hydrogens is 288 g/mol. The Morgan fingerprint density at radius 3 is 2.36 bits per heavy atom. The second-order valence-electron chi connectivity index (χ2n) is 5.76. The van der Waals surface area contributed by atoms with Crippen molar-refractivity contribution < 1.29 is 0 Å². The molecule has 0 fully saturated rings. The van der Waals surface area contributed by atoms with E-state index in [2.05, 4.69) is 67.9 Å². The minimum absolute atomic E-state index is 0.690. The van der Waals surface area contributed by atoms with E-state index in [1.165, 1.54) is 37.5 Å². The first-order valence-corrected chi connectivity index (χ1v) is 8.44. The van der Waals surface area contributed by atoms with Crippen LogP contribution in [0.25, 0.3) is 10.9 Å². The number of aromatic nitrogens is 1.